The van der Waals surface area contributed by atoms with Crippen molar-refractivity contribution in [1.82, 2.24) is 0 Å². The standard InChI is InChI=1S/C22H26N2O4/c1-5-14(2)19-11-6-7-12-20(19)24-21(26)15(3)28-22(27)17-9-8-10-18(13-17)23-16(4)25/h6-15H,5H2,1-4H3,(H,23,25)(H,24,26). The molecule has 2 rings (SSSR count). The normalized spacial score (nSPS) is 12.6. The number of nitrogens with one attached hydrogen (secondary N) is 2. The van der Waals surface area contributed by atoms with Gasteiger partial charge in [0.05, 0.1) is 5.56 Å². The van der Waals surface area contributed by atoms with Gasteiger partial charge in [-0.25, -0.2) is 4.79 Å². The molecule has 0 aliphatic heterocycles. The minimum absolute atomic E-state index is 0.238. The Bertz CT molecular complexity index is 863. The van der Waals surface area contributed by atoms with Gasteiger partial charge in [0.2, 0.25) is 5.91 Å². The van der Waals surface area contributed by atoms with Crippen LogP contribution in [0.15, 0.2) is 48.5 Å². The minimum atomic E-state index is -0.970. The molecule has 2 atom stereocenters. The summed E-state index contributed by atoms with van der Waals surface area (Å²) in [6, 6.07) is 14.0. The maximum atomic E-state index is 12.5. The van der Waals surface area contributed by atoms with E-state index >= 15 is 0 Å². The maximum Gasteiger partial charge on any atom is 0.338 e. The Morgan fingerprint density at radius 3 is 2.39 bits per heavy atom. The molecular formula is C22H26N2O4. The van der Waals surface area contributed by atoms with E-state index in [0.29, 0.717) is 11.6 Å². The van der Waals surface area contributed by atoms with Crippen molar-refractivity contribution in [1.29, 1.82) is 0 Å². The first-order valence-corrected chi connectivity index (χ1v) is 9.30. The average molecular weight is 382 g/mol. The Kier molecular flexibility index (Phi) is 7.32. The number of carbonyl (C=O) groups is 3. The number of rotatable bonds is 7. The molecule has 0 spiro atoms. The van der Waals surface area contributed by atoms with Crippen molar-refractivity contribution in [3.8, 4) is 0 Å². The lowest BCUT2D eigenvalue weighted by Gasteiger charge is -2.18. The summed E-state index contributed by atoms with van der Waals surface area (Å²) in [6.45, 7) is 7.09. The zero-order valence-electron chi connectivity index (χ0n) is 16.6. The van der Waals surface area contributed by atoms with E-state index in [9.17, 15) is 14.4 Å². The summed E-state index contributed by atoms with van der Waals surface area (Å²) >= 11 is 0. The highest BCUT2D eigenvalue weighted by Crippen LogP contribution is 2.26. The highest BCUT2D eigenvalue weighted by atomic mass is 16.5. The molecule has 0 fully saturated rings. The summed E-state index contributed by atoms with van der Waals surface area (Å²) < 4.78 is 5.29. The number of carbonyl (C=O) groups excluding carboxylic acids is 3. The molecule has 0 saturated carbocycles. The van der Waals surface area contributed by atoms with E-state index in [4.69, 9.17) is 4.74 Å². The fraction of sp³-hybridized carbons (Fsp3) is 0.318. The minimum Gasteiger partial charge on any atom is -0.449 e. The van der Waals surface area contributed by atoms with Gasteiger partial charge in [-0.2, -0.15) is 0 Å². The molecule has 0 saturated heterocycles. The number of hydrogen-bond donors (Lipinski definition) is 2. The molecule has 0 aliphatic rings. The number of ether oxygens (including phenoxy) is 1. The first-order valence-electron chi connectivity index (χ1n) is 9.30. The Morgan fingerprint density at radius 2 is 1.71 bits per heavy atom. The Labute approximate surface area is 165 Å². The lowest BCUT2D eigenvalue weighted by molar-refractivity contribution is -0.123. The van der Waals surface area contributed by atoms with Gasteiger partial charge in [0.25, 0.3) is 5.91 Å². The summed E-state index contributed by atoms with van der Waals surface area (Å²) in [4.78, 5) is 36.0. The summed E-state index contributed by atoms with van der Waals surface area (Å²) in [5, 5.41) is 5.45. The molecule has 6 heteroatoms. The molecular weight excluding hydrogens is 356 g/mol. The van der Waals surface area contributed by atoms with Crippen LogP contribution in [0.3, 0.4) is 0 Å². The molecule has 28 heavy (non-hydrogen) atoms. The Hall–Kier alpha value is -3.15. The topological polar surface area (TPSA) is 84.5 Å². The molecule has 0 radical (unpaired) electrons. The van der Waals surface area contributed by atoms with Gasteiger partial charge in [-0.3, -0.25) is 9.59 Å². The van der Waals surface area contributed by atoms with Crippen LogP contribution in [0.4, 0.5) is 11.4 Å². The van der Waals surface area contributed by atoms with E-state index in [1.807, 2.05) is 24.3 Å². The molecule has 2 unspecified atom stereocenters. The molecule has 148 valence electrons. The number of benzene rings is 2. The molecule has 2 N–H and O–H groups in total. The van der Waals surface area contributed by atoms with Gasteiger partial charge < -0.3 is 15.4 Å². The van der Waals surface area contributed by atoms with Crippen LogP contribution in [0.25, 0.3) is 0 Å². The van der Waals surface area contributed by atoms with Crippen molar-refractivity contribution in [2.45, 2.75) is 46.1 Å². The number of hydrogen-bond acceptors (Lipinski definition) is 4. The highest BCUT2D eigenvalue weighted by molar-refractivity contribution is 5.98. The van der Waals surface area contributed by atoms with Crippen molar-refractivity contribution in [2.75, 3.05) is 10.6 Å². The summed E-state index contributed by atoms with van der Waals surface area (Å²) in [5.41, 5.74) is 2.50. The maximum absolute atomic E-state index is 12.5. The third kappa shape index (κ3) is 5.67. The van der Waals surface area contributed by atoms with E-state index in [2.05, 4.69) is 24.5 Å². The van der Waals surface area contributed by atoms with Gasteiger partial charge >= 0.3 is 5.97 Å². The van der Waals surface area contributed by atoms with E-state index < -0.39 is 18.0 Å². The Balaban J connectivity index is 2.05. The smallest absolute Gasteiger partial charge is 0.338 e. The summed E-state index contributed by atoms with van der Waals surface area (Å²) in [6.07, 6.45) is -0.0240. The van der Waals surface area contributed by atoms with Gasteiger partial charge in [0.15, 0.2) is 6.10 Å². The molecule has 2 amide bonds. The average Bonchev–Trinajstić information content (AvgIpc) is 2.67. The van der Waals surface area contributed by atoms with Crippen LogP contribution in [0.5, 0.6) is 0 Å². The first kappa shape index (κ1) is 21.2. The second-order valence-corrected chi connectivity index (χ2v) is 6.70. The predicted octanol–water partition coefficient (Wildman–Crippen LogP) is 4.34. The Morgan fingerprint density at radius 1 is 1.00 bits per heavy atom. The van der Waals surface area contributed by atoms with Crippen LogP contribution >= 0.6 is 0 Å². The van der Waals surface area contributed by atoms with Crippen LogP contribution in [0.1, 0.15) is 56.0 Å². The molecule has 2 aromatic rings. The van der Waals surface area contributed by atoms with E-state index in [1.165, 1.54) is 19.9 Å². The monoisotopic (exact) mass is 382 g/mol. The second-order valence-electron chi connectivity index (χ2n) is 6.70. The van der Waals surface area contributed by atoms with Gasteiger partial charge in [-0.1, -0.05) is 38.1 Å². The third-order valence-electron chi connectivity index (χ3n) is 4.43. The number of anilines is 2. The van der Waals surface area contributed by atoms with Crippen molar-refractivity contribution in [3.63, 3.8) is 0 Å². The summed E-state index contributed by atoms with van der Waals surface area (Å²) in [7, 11) is 0. The quantitative estimate of drug-likeness (QED) is 0.698. The largest absolute Gasteiger partial charge is 0.449 e. The molecule has 0 aliphatic carbocycles. The molecule has 2 aromatic carbocycles. The van der Waals surface area contributed by atoms with Crippen LogP contribution < -0.4 is 10.6 Å². The highest BCUT2D eigenvalue weighted by Gasteiger charge is 2.21. The number of esters is 1. The zero-order valence-corrected chi connectivity index (χ0v) is 16.6. The van der Waals surface area contributed by atoms with Crippen molar-refractivity contribution in [2.24, 2.45) is 0 Å². The van der Waals surface area contributed by atoms with Gasteiger partial charge in [0.1, 0.15) is 0 Å². The molecule has 0 aromatic heterocycles. The number of para-hydroxylation sites is 1. The predicted molar refractivity (Wildman–Crippen MR) is 109 cm³/mol. The van der Waals surface area contributed by atoms with Crippen molar-refractivity contribution < 1.29 is 19.1 Å². The van der Waals surface area contributed by atoms with Crippen LogP contribution in [0.2, 0.25) is 0 Å². The van der Waals surface area contributed by atoms with Crippen molar-refractivity contribution >= 4 is 29.2 Å². The van der Waals surface area contributed by atoms with Gasteiger partial charge in [-0.05, 0) is 49.1 Å². The van der Waals surface area contributed by atoms with E-state index in [1.54, 1.807) is 18.2 Å². The fourth-order valence-corrected chi connectivity index (χ4v) is 2.70. The SMILES string of the molecule is CCC(C)c1ccccc1NC(=O)C(C)OC(=O)c1cccc(NC(C)=O)c1. The van der Waals surface area contributed by atoms with Gasteiger partial charge in [0, 0.05) is 18.3 Å². The third-order valence-corrected chi connectivity index (χ3v) is 4.43. The van der Waals surface area contributed by atoms with Crippen LogP contribution in [-0.2, 0) is 14.3 Å². The summed E-state index contributed by atoms with van der Waals surface area (Å²) in [5.74, 6) is -0.976. The first-order chi connectivity index (χ1) is 13.3. The van der Waals surface area contributed by atoms with E-state index in [-0.39, 0.29) is 11.5 Å². The van der Waals surface area contributed by atoms with Crippen LogP contribution in [0, 0.1) is 0 Å². The number of amides is 2. The lowest BCUT2D eigenvalue weighted by Crippen LogP contribution is -2.30. The molecule has 0 heterocycles. The lowest BCUT2D eigenvalue weighted by atomic mass is 9.97. The van der Waals surface area contributed by atoms with Gasteiger partial charge in [-0.15, -0.1) is 0 Å². The zero-order chi connectivity index (χ0) is 20.7. The van der Waals surface area contributed by atoms with Crippen LogP contribution in [-0.4, -0.2) is 23.9 Å². The fourth-order valence-electron chi connectivity index (χ4n) is 2.70. The molecule has 6 nitrogen and oxygen atoms in total. The molecule has 0 bridgehead atoms. The van der Waals surface area contributed by atoms with E-state index in [0.717, 1.165) is 17.7 Å². The second kappa shape index (κ2) is 9.69. The van der Waals surface area contributed by atoms with Crippen molar-refractivity contribution in [3.05, 3.63) is 59.7 Å².